The molecule has 0 saturated heterocycles. The minimum absolute atomic E-state index is 0.186. The van der Waals surface area contributed by atoms with Crippen molar-refractivity contribution in [2.24, 2.45) is 0 Å². The third kappa shape index (κ3) is 3.05. The van der Waals surface area contributed by atoms with Crippen molar-refractivity contribution < 1.29 is 0 Å². The van der Waals surface area contributed by atoms with E-state index in [1.807, 2.05) is 37.3 Å². The Morgan fingerprint density at radius 3 is 2.59 bits per heavy atom. The number of nitrogens with one attached hydrogen (secondary N) is 1. The number of hydrogen-bond acceptors (Lipinski definition) is 4. The van der Waals surface area contributed by atoms with E-state index >= 15 is 0 Å². The van der Waals surface area contributed by atoms with Gasteiger partial charge in [-0.3, -0.25) is 14.8 Å². The highest BCUT2D eigenvalue weighted by atomic mass is 35.5. The van der Waals surface area contributed by atoms with Gasteiger partial charge in [-0.25, -0.2) is 4.98 Å². The average Bonchev–Trinajstić information content (AvgIpc) is 2.74. The van der Waals surface area contributed by atoms with E-state index in [9.17, 15) is 4.79 Å². The fraction of sp³-hybridized carbons (Fsp3) is 0.0435. The van der Waals surface area contributed by atoms with Crippen molar-refractivity contribution in [1.82, 2.24) is 19.9 Å². The molecule has 0 amide bonds. The maximum atomic E-state index is 11.8. The third-order valence-electron chi connectivity index (χ3n) is 4.99. The molecule has 0 spiro atoms. The van der Waals surface area contributed by atoms with Gasteiger partial charge in [0.25, 0.3) is 0 Å². The quantitative estimate of drug-likeness (QED) is 0.445. The van der Waals surface area contributed by atoms with E-state index in [1.54, 1.807) is 24.7 Å². The number of aromatic amines is 1. The van der Waals surface area contributed by atoms with Gasteiger partial charge in [0.1, 0.15) is 5.65 Å². The van der Waals surface area contributed by atoms with Crippen LogP contribution in [-0.2, 0) is 0 Å². The highest BCUT2D eigenvalue weighted by Crippen LogP contribution is 2.36. The first-order valence-corrected chi connectivity index (χ1v) is 9.48. The van der Waals surface area contributed by atoms with Gasteiger partial charge in [0.2, 0.25) is 5.56 Å². The smallest absolute Gasteiger partial charge is 0.249 e. The lowest BCUT2D eigenvalue weighted by Gasteiger charge is -2.13. The van der Waals surface area contributed by atoms with E-state index in [4.69, 9.17) is 16.6 Å². The maximum absolute atomic E-state index is 11.8. The van der Waals surface area contributed by atoms with E-state index in [-0.39, 0.29) is 5.56 Å². The van der Waals surface area contributed by atoms with Gasteiger partial charge in [-0.15, -0.1) is 0 Å². The van der Waals surface area contributed by atoms with Crippen molar-refractivity contribution in [3.8, 4) is 22.4 Å². The fourth-order valence-electron chi connectivity index (χ4n) is 3.53. The number of halogens is 1. The molecular formula is C23H15ClN4O. The average molecular weight is 399 g/mol. The van der Waals surface area contributed by atoms with E-state index in [1.165, 1.54) is 6.07 Å². The molecule has 0 saturated carbocycles. The summed E-state index contributed by atoms with van der Waals surface area (Å²) in [5, 5.41) is 2.43. The Bertz CT molecular complexity index is 1440. The molecule has 1 aromatic carbocycles. The summed E-state index contributed by atoms with van der Waals surface area (Å²) >= 11 is 6.58. The van der Waals surface area contributed by atoms with Crippen LogP contribution in [0.25, 0.3) is 44.3 Å². The molecule has 0 aliphatic heterocycles. The second-order valence-electron chi connectivity index (χ2n) is 6.86. The summed E-state index contributed by atoms with van der Waals surface area (Å²) in [6.07, 6.45) is 5.21. The predicted molar refractivity (Wildman–Crippen MR) is 116 cm³/mol. The van der Waals surface area contributed by atoms with Gasteiger partial charge < -0.3 is 4.98 Å². The first-order valence-electron chi connectivity index (χ1n) is 9.10. The van der Waals surface area contributed by atoms with Crippen LogP contribution in [0.15, 0.2) is 71.9 Å². The van der Waals surface area contributed by atoms with Crippen LogP contribution >= 0.6 is 11.6 Å². The summed E-state index contributed by atoms with van der Waals surface area (Å²) in [4.78, 5) is 27.9. The summed E-state index contributed by atoms with van der Waals surface area (Å²) in [7, 11) is 0. The van der Waals surface area contributed by atoms with Crippen molar-refractivity contribution in [2.45, 2.75) is 6.92 Å². The molecule has 0 aliphatic carbocycles. The Hall–Kier alpha value is -3.57. The van der Waals surface area contributed by atoms with Crippen LogP contribution in [0.3, 0.4) is 0 Å². The number of rotatable bonds is 2. The van der Waals surface area contributed by atoms with E-state index < -0.39 is 0 Å². The molecule has 0 radical (unpaired) electrons. The highest BCUT2D eigenvalue weighted by molar-refractivity contribution is 6.35. The standard InChI is InChI=1S/C23H15ClN4O/c1-13-4-9-26-22-17(13)11-16(12-19(22)24)18-10-15-2-3-20(29)27-23(15)28-21(18)14-5-7-25-8-6-14/h2-12H,1H3,(H,27,28,29). The van der Waals surface area contributed by atoms with Crippen molar-refractivity contribution in [1.29, 1.82) is 0 Å². The van der Waals surface area contributed by atoms with Crippen LogP contribution < -0.4 is 5.56 Å². The predicted octanol–water partition coefficient (Wildman–Crippen LogP) is 5.16. The van der Waals surface area contributed by atoms with Gasteiger partial charge in [0.05, 0.1) is 16.2 Å². The second kappa shape index (κ2) is 6.79. The molecule has 5 nitrogen and oxygen atoms in total. The summed E-state index contributed by atoms with van der Waals surface area (Å²) in [6.45, 7) is 2.04. The monoisotopic (exact) mass is 398 g/mol. The zero-order valence-electron chi connectivity index (χ0n) is 15.5. The molecule has 140 valence electrons. The lowest BCUT2D eigenvalue weighted by Crippen LogP contribution is -2.04. The molecule has 6 heteroatoms. The van der Waals surface area contributed by atoms with Crippen LogP contribution in [0, 0.1) is 6.92 Å². The zero-order chi connectivity index (χ0) is 20.0. The highest BCUT2D eigenvalue weighted by Gasteiger charge is 2.15. The van der Waals surface area contributed by atoms with Crippen LogP contribution in [0.4, 0.5) is 0 Å². The van der Waals surface area contributed by atoms with Crippen molar-refractivity contribution in [3.05, 3.63) is 88.1 Å². The summed E-state index contributed by atoms with van der Waals surface area (Å²) < 4.78 is 0. The van der Waals surface area contributed by atoms with Crippen LogP contribution in [0.2, 0.25) is 5.02 Å². The number of aryl methyl sites for hydroxylation is 1. The Morgan fingerprint density at radius 1 is 0.931 bits per heavy atom. The summed E-state index contributed by atoms with van der Waals surface area (Å²) in [5.41, 5.74) is 5.74. The van der Waals surface area contributed by atoms with E-state index in [0.717, 1.165) is 44.2 Å². The molecular weight excluding hydrogens is 384 g/mol. The van der Waals surface area contributed by atoms with Gasteiger partial charge in [-0.05, 0) is 60.5 Å². The third-order valence-corrected chi connectivity index (χ3v) is 5.28. The number of H-pyrrole nitrogens is 1. The first kappa shape index (κ1) is 17.5. The molecule has 4 aromatic heterocycles. The number of fused-ring (bicyclic) bond motifs is 2. The maximum Gasteiger partial charge on any atom is 0.249 e. The Labute approximate surface area is 171 Å². The Balaban J connectivity index is 1.87. The minimum atomic E-state index is -0.186. The van der Waals surface area contributed by atoms with E-state index in [0.29, 0.717) is 10.7 Å². The van der Waals surface area contributed by atoms with Gasteiger partial charge in [-0.2, -0.15) is 0 Å². The number of aromatic nitrogens is 4. The molecule has 29 heavy (non-hydrogen) atoms. The lowest BCUT2D eigenvalue weighted by atomic mass is 9.96. The molecule has 0 bridgehead atoms. The molecule has 0 atom stereocenters. The molecule has 5 aromatic rings. The van der Waals surface area contributed by atoms with Crippen LogP contribution in [0.1, 0.15) is 5.56 Å². The van der Waals surface area contributed by atoms with Crippen LogP contribution in [0.5, 0.6) is 0 Å². The van der Waals surface area contributed by atoms with Gasteiger partial charge in [-0.1, -0.05) is 11.6 Å². The first-order chi connectivity index (χ1) is 14.1. The molecule has 1 N–H and O–H groups in total. The van der Waals surface area contributed by atoms with E-state index in [2.05, 4.69) is 21.0 Å². The van der Waals surface area contributed by atoms with Crippen molar-refractivity contribution >= 4 is 33.5 Å². The molecule has 0 fully saturated rings. The number of hydrogen-bond donors (Lipinski definition) is 1. The SMILES string of the molecule is Cc1ccnc2c(Cl)cc(-c3cc4ccc(=O)[nH]c4nc3-c3ccncc3)cc12. The van der Waals surface area contributed by atoms with Crippen LogP contribution in [-0.4, -0.2) is 19.9 Å². The van der Waals surface area contributed by atoms with Crippen molar-refractivity contribution in [2.75, 3.05) is 0 Å². The molecule has 4 heterocycles. The molecule has 5 rings (SSSR count). The summed E-state index contributed by atoms with van der Waals surface area (Å²) in [6, 6.07) is 15.1. The number of nitrogens with zero attached hydrogens (tertiary/aromatic N) is 3. The molecule has 0 unspecified atom stereocenters. The topological polar surface area (TPSA) is 71.5 Å². The normalized spacial score (nSPS) is 11.2. The molecule has 0 aliphatic rings. The van der Waals surface area contributed by atoms with Gasteiger partial charge in [0, 0.05) is 46.6 Å². The van der Waals surface area contributed by atoms with Gasteiger partial charge >= 0.3 is 0 Å². The zero-order valence-corrected chi connectivity index (χ0v) is 16.2. The number of benzene rings is 1. The Morgan fingerprint density at radius 2 is 1.76 bits per heavy atom. The summed E-state index contributed by atoms with van der Waals surface area (Å²) in [5.74, 6) is 0. The fourth-order valence-corrected chi connectivity index (χ4v) is 3.80. The number of pyridine rings is 4. The van der Waals surface area contributed by atoms with Crippen molar-refractivity contribution in [3.63, 3.8) is 0 Å². The van der Waals surface area contributed by atoms with Gasteiger partial charge in [0.15, 0.2) is 0 Å². The Kier molecular flexibility index (Phi) is 4.11. The minimum Gasteiger partial charge on any atom is -0.307 e. The lowest BCUT2D eigenvalue weighted by molar-refractivity contribution is 1.23. The second-order valence-corrected chi connectivity index (χ2v) is 7.27. The largest absolute Gasteiger partial charge is 0.307 e.